The second kappa shape index (κ2) is 8.83. The lowest BCUT2D eigenvalue weighted by Gasteiger charge is -2.32. The van der Waals surface area contributed by atoms with Crippen LogP contribution >= 0.6 is 0 Å². The Kier molecular flexibility index (Phi) is 7.02. The summed E-state index contributed by atoms with van der Waals surface area (Å²) in [5.74, 6) is 0.606. The van der Waals surface area contributed by atoms with Crippen molar-refractivity contribution in [3.63, 3.8) is 0 Å². The van der Waals surface area contributed by atoms with Crippen LogP contribution in [0, 0.1) is 5.92 Å². The van der Waals surface area contributed by atoms with Gasteiger partial charge in [0.15, 0.2) is 0 Å². The van der Waals surface area contributed by atoms with Crippen molar-refractivity contribution in [2.75, 3.05) is 27.2 Å². The van der Waals surface area contributed by atoms with Crippen molar-refractivity contribution in [2.45, 2.75) is 39.3 Å². The largest absolute Gasteiger partial charge is 0.491 e. The number of rotatable bonds is 7. The van der Waals surface area contributed by atoms with Gasteiger partial charge in [-0.15, -0.1) is 0 Å². The molecule has 7 nitrogen and oxygen atoms in total. The molecule has 1 amide bonds. The summed E-state index contributed by atoms with van der Waals surface area (Å²) in [6.45, 7) is 5.12. The van der Waals surface area contributed by atoms with Crippen molar-refractivity contribution in [1.82, 2.24) is 13.9 Å². The Bertz CT molecular complexity index is 711. The number of carbonyl (C=O) groups excluding carboxylic acids is 1. The zero-order chi connectivity index (χ0) is 19.3. The minimum Gasteiger partial charge on any atom is -0.491 e. The van der Waals surface area contributed by atoms with E-state index in [9.17, 15) is 13.2 Å². The molecule has 0 unspecified atom stereocenters. The van der Waals surface area contributed by atoms with Gasteiger partial charge in [0.05, 0.1) is 6.10 Å². The van der Waals surface area contributed by atoms with E-state index in [1.54, 1.807) is 0 Å². The van der Waals surface area contributed by atoms with Gasteiger partial charge in [0.2, 0.25) is 5.91 Å². The molecule has 0 saturated carbocycles. The number of hydrogen-bond donors (Lipinski definition) is 1. The Morgan fingerprint density at radius 1 is 1.31 bits per heavy atom. The molecular weight excluding hydrogens is 354 g/mol. The van der Waals surface area contributed by atoms with Gasteiger partial charge in [-0.2, -0.15) is 17.0 Å². The van der Waals surface area contributed by atoms with Gasteiger partial charge in [0, 0.05) is 39.6 Å². The van der Waals surface area contributed by atoms with E-state index in [-0.39, 0.29) is 17.9 Å². The van der Waals surface area contributed by atoms with Gasteiger partial charge in [-0.3, -0.25) is 4.79 Å². The van der Waals surface area contributed by atoms with E-state index in [2.05, 4.69) is 5.32 Å². The van der Waals surface area contributed by atoms with Gasteiger partial charge in [0.25, 0.3) is 10.2 Å². The quantitative estimate of drug-likeness (QED) is 0.776. The maximum Gasteiger partial charge on any atom is 0.281 e. The number of nitrogens with one attached hydrogen (secondary N) is 1. The molecule has 0 atom stereocenters. The van der Waals surface area contributed by atoms with Crippen LogP contribution in [0.3, 0.4) is 0 Å². The molecule has 1 aliphatic rings. The molecular formula is C18H29N3O4S. The first kappa shape index (κ1) is 20.7. The standard InChI is InChI=1S/C18H29N3O4S/c1-14(2)25-17-7-5-6-15(12-17)13-19-18(22)16-8-10-21(11-9-16)26(23,24)20(3)4/h5-7,12,14,16H,8-11,13H2,1-4H3,(H,19,22). The topological polar surface area (TPSA) is 79.0 Å². The molecule has 0 radical (unpaired) electrons. The third kappa shape index (κ3) is 5.43. The lowest BCUT2D eigenvalue weighted by Crippen LogP contribution is -2.46. The van der Waals surface area contributed by atoms with Crippen molar-refractivity contribution < 1.29 is 17.9 Å². The summed E-state index contributed by atoms with van der Waals surface area (Å²) < 4.78 is 32.5. The van der Waals surface area contributed by atoms with Crippen molar-refractivity contribution in [3.05, 3.63) is 29.8 Å². The summed E-state index contributed by atoms with van der Waals surface area (Å²) in [4.78, 5) is 12.4. The van der Waals surface area contributed by atoms with E-state index in [0.29, 0.717) is 32.5 Å². The van der Waals surface area contributed by atoms with Crippen molar-refractivity contribution in [3.8, 4) is 5.75 Å². The van der Waals surface area contributed by atoms with Crippen molar-refractivity contribution >= 4 is 16.1 Å². The van der Waals surface area contributed by atoms with Crippen LogP contribution in [0.4, 0.5) is 0 Å². The molecule has 1 fully saturated rings. The Morgan fingerprint density at radius 3 is 2.54 bits per heavy atom. The average molecular weight is 384 g/mol. The molecule has 0 aliphatic carbocycles. The lowest BCUT2D eigenvalue weighted by molar-refractivity contribution is -0.126. The summed E-state index contributed by atoms with van der Waals surface area (Å²) in [5.41, 5.74) is 0.976. The van der Waals surface area contributed by atoms with Gasteiger partial charge in [-0.05, 0) is 44.4 Å². The van der Waals surface area contributed by atoms with Crippen molar-refractivity contribution in [1.29, 1.82) is 0 Å². The van der Waals surface area contributed by atoms with Crippen molar-refractivity contribution in [2.24, 2.45) is 5.92 Å². The molecule has 0 spiro atoms. The minimum atomic E-state index is -3.40. The Labute approximate surface area is 156 Å². The number of benzene rings is 1. The number of nitrogens with zero attached hydrogens (tertiary/aromatic N) is 2. The minimum absolute atomic E-state index is 0.0258. The highest BCUT2D eigenvalue weighted by Crippen LogP contribution is 2.21. The first-order chi connectivity index (χ1) is 12.2. The number of carbonyl (C=O) groups is 1. The molecule has 8 heteroatoms. The molecule has 1 heterocycles. The zero-order valence-electron chi connectivity index (χ0n) is 15.9. The Hall–Kier alpha value is -1.64. The highest BCUT2D eigenvalue weighted by atomic mass is 32.2. The van der Waals surface area contributed by atoms with E-state index in [1.807, 2.05) is 38.1 Å². The van der Waals surface area contributed by atoms with Crippen LogP contribution < -0.4 is 10.1 Å². The summed E-state index contributed by atoms with van der Waals surface area (Å²) >= 11 is 0. The molecule has 146 valence electrons. The number of piperidine rings is 1. The first-order valence-electron chi connectivity index (χ1n) is 8.91. The predicted octanol–water partition coefficient (Wildman–Crippen LogP) is 1.61. The van der Waals surface area contributed by atoms with E-state index < -0.39 is 10.2 Å². The number of amides is 1. The second-order valence-electron chi connectivity index (χ2n) is 7.00. The first-order valence-corrected chi connectivity index (χ1v) is 10.3. The van der Waals surface area contributed by atoms with Gasteiger partial charge in [-0.1, -0.05) is 12.1 Å². The molecule has 0 bridgehead atoms. The third-order valence-corrected chi connectivity index (χ3v) is 6.29. The summed E-state index contributed by atoms with van der Waals surface area (Å²) in [6.07, 6.45) is 1.17. The molecule has 1 aliphatic heterocycles. The molecule has 1 aromatic rings. The monoisotopic (exact) mass is 383 g/mol. The fourth-order valence-electron chi connectivity index (χ4n) is 2.91. The normalized spacial score (nSPS) is 16.8. The fraction of sp³-hybridized carbons (Fsp3) is 0.611. The van der Waals surface area contributed by atoms with Gasteiger partial charge in [0.1, 0.15) is 5.75 Å². The van der Waals surface area contributed by atoms with E-state index in [4.69, 9.17) is 4.74 Å². The summed E-state index contributed by atoms with van der Waals surface area (Å²) in [5, 5.41) is 2.95. The Morgan fingerprint density at radius 2 is 1.96 bits per heavy atom. The fourth-order valence-corrected chi connectivity index (χ4v) is 4.05. The highest BCUT2D eigenvalue weighted by Gasteiger charge is 2.32. The van der Waals surface area contributed by atoms with Gasteiger partial charge in [-0.25, -0.2) is 0 Å². The molecule has 1 N–H and O–H groups in total. The van der Waals surface area contributed by atoms with Crippen LogP contribution in [0.2, 0.25) is 0 Å². The summed E-state index contributed by atoms with van der Waals surface area (Å²) in [6, 6.07) is 7.67. The number of hydrogen-bond acceptors (Lipinski definition) is 4. The van der Waals surface area contributed by atoms with Crippen LogP contribution in [-0.2, 0) is 21.5 Å². The zero-order valence-corrected chi connectivity index (χ0v) is 16.8. The predicted molar refractivity (Wildman–Crippen MR) is 101 cm³/mol. The second-order valence-corrected chi connectivity index (χ2v) is 9.14. The molecule has 2 rings (SSSR count). The summed E-state index contributed by atoms with van der Waals surface area (Å²) in [7, 11) is -0.360. The van der Waals surface area contributed by atoms with E-state index in [0.717, 1.165) is 11.3 Å². The van der Waals surface area contributed by atoms with Crippen LogP contribution in [0.1, 0.15) is 32.3 Å². The van der Waals surface area contributed by atoms with Crippen LogP contribution in [0.15, 0.2) is 24.3 Å². The molecule has 1 aromatic carbocycles. The maximum atomic E-state index is 12.4. The Balaban J connectivity index is 1.85. The average Bonchev–Trinajstić information content (AvgIpc) is 2.59. The van der Waals surface area contributed by atoms with Crippen LogP contribution in [-0.4, -0.2) is 56.2 Å². The maximum absolute atomic E-state index is 12.4. The van der Waals surface area contributed by atoms with Crippen LogP contribution in [0.5, 0.6) is 5.75 Å². The molecule has 1 saturated heterocycles. The van der Waals surface area contributed by atoms with Crippen LogP contribution in [0.25, 0.3) is 0 Å². The number of ether oxygens (including phenoxy) is 1. The molecule has 0 aromatic heterocycles. The van der Waals surface area contributed by atoms with Gasteiger partial charge >= 0.3 is 0 Å². The van der Waals surface area contributed by atoms with E-state index >= 15 is 0 Å². The van der Waals surface area contributed by atoms with E-state index in [1.165, 1.54) is 22.7 Å². The highest BCUT2D eigenvalue weighted by molar-refractivity contribution is 7.86. The SMILES string of the molecule is CC(C)Oc1cccc(CNC(=O)C2CCN(S(=O)(=O)N(C)C)CC2)c1. The smallest absolute Gasteiger partial charge is 0.281 e. The van der Waals surface area contributed by atoms with Gasteiger partial charge < -0.3 is 10.1 Å². The lowest BCUT2D eigenvalue weighted by atomic mass is 9.97. The third-order valence-electron chi connectivity index (χ3n) is 4.35. The molecule has 26 heavy (non-hydrogen) atoms.